The van der Waals surface area contributed by atoms with Crippen molar-refractivity contribution in [2.45, 2.75) is 31.6 Å². The molecule has 6 nitrogen and oxygen atoms in total. The molecule has 1 saturated carbocycles. The highest BCUT2D eigenvalue weighted by Gasteiger charge is 2.45. The highest BCUT2D eigenvalue weighted by atomic mass is 32.2. The van der Waals surface area contributed by atoms with Gasteiger partial charge in [-0.2, -0.15) is 0 Å². The summed E-state index contributed by atoms with van der Waals surface area (Å²) in [5.41, 5.74) is 2.84. The van der Waals surface area contributed by atoms with Crippen LogP contribution in [-0.4, -0.2) is 19.9 Å². The third-order valence-corrected chi connectivity index (χ3v) is 5.39. The van der Waals surface area contributed by atoms with E-state index in [0.717, 1.165) is 12.8 Å². The van der Waals surface area contributed by atoms with Crippen molar-refractivity contribution in [1.82, 2.24) is 9.71 Å². The Labute approximate surface area is 113 Å². The molecule has 1 aliphatic carbocycles. The van der Waals surface area contributed by atoms with Crippen LogP contribution in [0.1, 0.15) is 26.7 Å². The molecule has 0 aromatic carbocycles. The monoisotopic (exact) mass is 284 g/mol. The molecule has 1 aromatic rings. The number of sulfonamides is 1. The molecule has 1 aliphatic rings. The Morgan fingerprint density at radius 1 is 1.47 bits per heavy atom. The lowest BCUT2D eigenvalue weighted by Crippen LogP contribution is -2.33. The Bertz CT molecular complexity index is 553. The summed E-state index contributed by atoms with van der Waals surface area (Å²) < 4.78 is 27.2. The maximum absolute atomic E-state index is 12.3. The standard InChI is InChI=1S/C12H20N4O2S/c1-9(2)12(4-5-12)8-15-19(17,18)11-7-14-6-3-10(11)16-13/h3,6-7,9,15H,4-5,8,13H2,1-2H3,(H,14,16). The Kier molecular flexibility index (Phi) is 3.80. The number of pyridine rings is 1. The highest BCUT2D eigenvalue weighted by Crippen LogP contribution is 2.51. The zero-order valence-corrected chi connectivity index (χ0v) is 12.0. The predicted octanol–water partition coefficient (Wildman–Crippen LogP) is 1.08. The molecule has 0 aliphatic heterocycles. The Morgan fingerprint density at radius 3 is 2.68 bits per heavy atom. The summed E-state index contributed by atoms with van der Waals surface area (Å²) in [5.74, 6) is 5.79. The van der Waals surface area contributed by atoms with Crippen molar-refractivity contribution in [3.63, 3.8) is 0 Å². The van der Waals surface area contributed by atoms with E-state index in [9.17, 15) is 8.42 Å². The van der Waals surface area contributed by atoms with Crippen molar-refractivity contribution in [1.29, 1.82) is 0 Å². The van der Waals surface area contributed by atoms with Gasteiger partial charge in [0.05, 0.1) is 5.69 Å². The van der Waals surface area contributed by atoms with E-state index < -0.39 is 10.0 Å². The first-order valence-corrected chi connectivity index (χ1v) is 7.80. The molecule has 2 rings (SSSR count). The molecule has 0 amide bonds. The van der Waals surface area contributed by atoms with Gasteiger partial charge in [0.1, 0.15) is 4.90 Å². The van der Waals surface area contributed by atoms with E-state index in [-0.39, 0.29) is 10.3 Å². The molecule has 0 spiro atoms. The van der Waals surface area contributed by atoms with Crippen LogP contribution in [-0.2, 0) is 10.0 Å². The van der Waals surface area contributed by atoms with E-state index in [1.54, 1.807) is 0 Å². The largest absolute Gasteiger partial charge is 0.323 e. The van der Waals surface area contributed by atoms with Gasteiger partial charge >= 0.3 is 0 Å². The quantitative estimate of drug-likeness (QED) is 0.536. The fraction of sp³-hybridized carbons (Fsp3) is 0.583. The number of rotatable bonds is 6. The van der Waals surface area contributed by atoms with E-state index in [2.05, 4.69) is 29.0 Å². The van der Waals surface area contributed by atoms with Gasteiger partial charge in [-0.3, -0.25) is 10.8 Å². The first-order chi connectivity index (χ1) is 8.91. The minimum atomic E-state index is -3.58. The first kappa shape index (κ1) is 14.2. The van der Waals surface area contributed by atoms with E-state index in [0.29, 0.717) is 18.2 Å². The molecule has 106 valence electrons. The summed E-state index contributed by atoms with van der Waals surface area (Å²) >= 11 is 0. The van der Waals surface area contributed by atoms with Crippen LogP contribution in [0.3, 0.4) is 0 Å². The molecule has 0 bridgehead atoms. The normalized spacial score (nSPS) is 17.5. The van der Waals surface area contributed by atoms with E-state index >= 15 is 0 Å². The van der Waals surface area contributed by atoms with Crippen LogP contribution < -0.4 is 16.0 Å². The second-order valence-corrected chi connectivity index (χ2v) is 7.09. The highest BCUT2D eigenvalue weighted by molar-refractivity contribution is 7.89. The molecule has 0 atom stereocenters. The smallest absolute Gasteiger partial charge is 0.244 e. The van der Waals surface area contributed by atoms with E-state index in [1.807, 2.05) is 0 Å². The lowest BCUT2D eigenvalue weighted by molar-refractivity contribution is 0.357. The topological polar surface area (TPSA) is 97.1 Å². The molecule has 1 fully saturated rings. The van der Waals surface area contributed by atoms with Crippen LogP contribution in [0.2, 0.25) is 0 Å². The summed E-state index contributed by atoms with van der Waals surface area (Å²) in [6.07, 6.45) is 4.93. The molecule has 1 heterocycles. The van der Waals surface area contributed by atoms with Crippen molar-refractivity contribution in [2.75, 3.05) is 12.0 Å². The first-order valence-electron chi connectivity index (χ1n) is 6.31. The number of nitrogens with two attached hydrogens (primary N) is 1. The van der Waals surface area contributed by atoms with Crippen LogP contribution in [0.5, 0.6) is 0 Å². The van der Waals surface area contributed by atoms with Crippen LogP contribution in [0.15, 0.2) is 23.4 Å². The van der Waals surface area contributed by atoms with Gasteiger partial charge in [-0.15, -0.1) is 0 Å². The van der Waals surface area contributed by atoms with Crippen LogP contribution in [0.4, 0.5) is 5.69 Å². The van der Waals surface area contributed by atoms with Gasteiger partial charge < -0.3 is 5.43 Å². The maximum Gasteiger partial charge on any atom is 0.244 e. The van der Waals surface area contributed by atoms with Crippen LogP contribution in [0.25, 0.3) is 0 Å². The lowest BCUT2D eigenvalue weighted by Gasteiger charge is -2.20. The van der Waals surface area contributed by atoms with Gasteiger partial charge in [0, 0.05) is 18.9 Å². The molecule has 19 heavy (non-hydrogen) atoms. The molecule has 0 radical (unpaired) electrons. The maximum atomic E-state index is 12.3. The summed E-state index contributed by atoms with van der Waals surface area (Å²) in [7, 11) is -3.58. The fourth-order valence-electron chi connectivity index (χ4n) is 2.15. The second kappa shape index (κ2) is 5.07. The van der Waals surface area contributed by atoms with Gasteiger partial charge in [0.15, 0.2) is 0 Å². The minimum Gasteiger partial charge on any atom is -0.323 e. The number of nitrogen functional groups attached to an aromatic ring is 1. The number of hydrogen-bond acceptors (Lipinski definition) is 5. The van der Waals surface area contributed by atoms with Crippen molar-refractivity contribution in [3.05, 3.63) is 18.5 Å². The zero-order chi connectivity index (χ0) is 14.1. The molecule has 0 saturated heterocycles. The summed E-state index contributed by atoms with van der Waals surface area (Å²) in [4.78, 5) is 3.92. The number of nitrogens with one attached hydrogen (secondary N) is 2. The van der Waals surface area contributed by atoms with Gasteiger partial charge in [0.2, 0.25) is 10.0 Å². The lowest BCUT2D eigenvalue weighted by atomic mass is 9.93. The van der Waals surface area contributed by atoms with Gasteiger partial charge in [0.25, 0.3) is 0 Å². The number of aromatic nitrogens is 1. The predicted molar refractivity (Wildman–Crippen MR) is 73.7 cm³/mol. The van der Waals surface area contributed by atoms with Crippen molar-refractivity contribution >= 4 is 15.7 Å². The number of hydrogen-bond donors (Lipinski definition) is 3. The Balaban J connectivity index is 2.15. The fourth-order valence-corrected chi connectivity index (χ4v) is 3.40. The minimum absolute atomic E-state index is 0.0806. The summed E-state index contributed by atoms with van der Waals surface area (Å²) in [5, 5.41) is 0. The second-order valence-electron chi connectivity index (χ2n) is 5.36. The van der Waals surface area contributed by atoms with Gasteiger partial charge in [-0.25, -0.2) is 13.1 Å². The third kappa shape index (κ3) is 2.88. The van der Waals surface area contributed by atoms with E-state index in [1.165, 1.54) is 18.5 Å². The SMILES string of the molecule is CC(C)C1(CNS(=O)(=O)c2cnccc2NN)CC1. The Hall–Kier alpha value is -1.18. The van der Waals surface area contributed by atoms with Gasteiger partial charge in [-0.1, -0.05) is 13.8 Å². The molecule has 0 unspecified atom stereocenters. The molecule has 7 heteroatoms. The van der Waals surface area contributed by atoms with Crippen molar-refractivity contribution in [2.24, 2.45) is 17.2 Å². The Morgan fingerprint density at radius 2 is 2.16 bits per heavy atom. The summed E-state index contributed by atoms with van der Waals surface area (Å²) in [6.45, 7) is 4.71. The van der Waals surface area contributed by atoms with Crippen molar-refractivity contribution < 1.29 is 8.42 Å². The number of nitrogens with zero attached hydrogens (tertiary/aromatic N) is 1. The molecule has 4 N–H and O–H groups in total. The molecular formula is C12H20N4O2S. The van der Waals surface area contributed by atoms with Crippen LogP contribution >= 0.6 is 0 Å². The third-order valence-electron chi connectivity index (χ3n) is 3.96. The molecular weight excluding hydrogens is 264 g/mol. The summed E-state index contributed by atoms with van der Waals surface area (Å²) in [6, 6.07) is 1.53. The molecule has 1 aromatic heterocycles. The average Bonchev–Trinajstić information content (AvgIpc) is 3.18. The van der Waals surface area contributed by atoms with Crippen LogP contribution in [0, 0.1) is 11.3 Å². The zero-order valence-electron chi connectivity index (χ0n) is 11.2. The number of hydrazine groups is 1. The number of anilines is 1. The van der Waals surface area contributed by atoms with Crippen molar-refractivity contribution in [3.8, 4) is 0 Å². The van der Waals surface area contributed by atoms with E-state index in [4.69, 9.17) is 5.84 Å². The van der Waals surface area contributed by atoms with Gasteiger partial charge in [-0.05, 0) is 30.2 Å². The average molecular weight is 284 g/mol.